The van der Waals surface area contributed by atoms with Crippen LogP contribution in [-0.4, -0.2) is 6.04 Å². The third kappa shape index (κ3) is 2.02. The Morgan fingerprint density at radius 3 is 2.60 bits per heavy atom. The molecular formula is C19H29N. The smallest absolute Gasteiger partial charge is 0.0211 e. The molecule has 2 aliphatic carbocycles. The summed E-state index contributed by atoms with van der Waals surface area (Å²) in [6.07, 6.45) is 4.27. The lowest BCUT2D eigenvalue weighted by atomic mass is 9.68. The topological polar surface area (TPSA) is 12.0 Å². The minimum atomic E-state index is 0.449. The maximum atomic E-state index is 3.93. The summed E-state index contributed by atoms with van der Waals surface area (Å²) in [5, 5.41) is 3.93. The lowest BCUT2D eigenvalue weighted by molar-refractivity contribution is 0.108. The zero-order valence-corrected chi connectivity index (χ0v) is 13.7. The van der Waals surface area contributed by atoms with Crippen LogP contribution in [-0.2, 0) is 6.54 Å². The lowest BCUT2D eigenvalue weighted by Crippen LogP contribution is -2.50. The van der Waals surface area contributed by atoms with Gasteiger partial charge in [-0.25, -0.2) is 0 Å². The maximum absolute atomic E-state index is 3.93. The number of nitrogens with one attached hydrogen (secondary N) is 1. The minimum Gasteiger partial charge on any atom is -0.309 e. The van der Waals surface area contributed by atoms with Gasteiger partial charge in [-0.3, -0.25) is 0 Å². The first-order valence-corrected chi connectivity index (χ1v) is 8.13. The van der Waals surface area contributed by atoms with E-state index in [1.54, 1.807) is 0 Å². The summed E-state index contributed by atoms with van der Waals surface area (Å²) in [7, 11) is 0. The van der Waals surface area contributed by atoms with Crippen molar-refractivity contribution in [3.63, 3.8) is 0 Å². The molecule has 0 spiro atoms. The predicted octanol–water partition coefficient (Wildman–Crippen LogP) is 4.61. The van der Waals surface area contributed by atoms with E-state index in [1.807, 2.05) is 0 Å². The van der Waals surface area contributed by atoms with Crippen LogP contribution in [0.4, 0.5) is 0 Å². The van der Waals surface area contributed by atoms with Crippen LogP contribution < -0.4 is 5.32 Å². The van der Waals surface area contributed by atoms with Gasteiger partial charge in [0.05, 0.1) is 0 Å². The van der Waals surface area contributed by atoms with E-state index in [1.165, 1.54) is 36.0 Å². The van der Waals surface area contributed by atoms with Crippen molar-refractivity contribution in [2.75, 3.05) is 0 Å². The Balaban J connectivity index is 1.77. The number of hydrogen-bond acceptors (Lipinski definition) is 1. The molecule has 2 saturated carbocycles. The van der Waals surface area contributed by atoms with E-state index in [0.29, 0.717) is 16.9 Å². The number of fused-ring (bicyclic) bond motifs is 2. The molecule has 1 N–H and O–H groups in total. The third-order valence-corrected chi connectivity index (χ3v) is 6.48. The van der Waals surface area contributed by atoms with Gasteiger partial charge in [0.1, 0.15) is 0 Å². The first-order valence-electron chi connectivity index (χ1n) is 8.13. The number of aryl methyl sites for hydroxylation is 1. The molecule has 3 atom stereocenters. The minimum absolute atomic E-state index is 0.449. The Bertz CT molecular complexity index is 512. The van der Waals surface area contributed by atoms with Crippen LogP contribution in [0.1, 0.15) is 56.7 Å². The zero-order chi connectivity index (χ0) is 14.5. The van der Waals surface area contributed by atoms with Gasteiger partial charge < -0.3 is 5.32 Å². The molecule has 1 aromatic rings. The molecule has 0 heterocycles. The second kappa shape index (κ2) is 4.59. The first-order chi connectivity index (χ1) is 9.34. The summed E-state index contributed by atoms with van der Waals surface area (Å²) in [6, 6.07) is 7.33. The van der Waals surface area contributed by atoms with E-state index in [2.05, 4.69) is 58.1 Å². The second-order valence-corrected chi connectivity index (χ2v) is 8.09. The van der Waals surface area contributed by atoms with Crippen LogP contribution in [0.3, 0.4) is 0 Å². The molecule has 110 valence electrons. The van der Waals surface area contributed by atoms with Crippen molar-refractivity contribution in [3.05, 3.63) is 34.9 Å². The number of rotatable bonds is 3. The van der Waals surface area contributed by atoms with Crippen LogP contribution in [0.5, 0.6) is 0 Å². The highest BCUT2D eigenvalue weighted by molar-refractivity contribution is 5.33. The summed E-state index contributed by atoms with van der Waals surface area (Å²) >= 11 is 0. The number of benzene rings is 1. The normalized spacial score (nSPS) is 34.6. The van der Waals surface area contributed by atoms with Crippen molar-refractivity contribution >= 4 is 0 Å². The molecule has 1 nitrogen and oxygen atoms in total. The van der Waals surface area contributed by atoms with Gasteiger partial charge in [0.15, 0.2) is 0 Å². The van der Waals surface area contributed by atoms with Crippen molar-refractivity contribution in [2.45, 2.75) is 66.5 Å². The van der Waals surface area contributed by atoms with Crippen molar-refractivity contribution < 1.29 is 0 Å². The van der Waals surface area contributed by atoms with Crippen LogP contribution in [0.25, 0.3) is 0 Å². The molecule has 0 saturated heterocycles. The van der Waals surface area contributed by atoms with Gasteiger partial charge in [-0.05, 0) is 66.5 Å². The van der Waals surface area contributed by atoms with E-state index in [-0.39, 0.29) is 0 Å². The predicted molar refractivity (Wildman–Crippen MR) is 85.8 cm³/mol. The molecule has 3 unspecified atom stereocenters. The summed E-state index contributed by atoms with van der Waals surface area (Å²) in [5.41, 5.74) is 5.29. The number of hydrogen-bond donors (Lipinski definition) is 1. The van der Waals surface area contributed by atoms with E-state index >= 15 is 0 Å². The molecule has 0 aromatic heterocycles. The van der Waals surface area contributed by atoms with Crippen molar-refractivity contribution in [1.29, 1.82) is 0 Å². The highest BCUT2D eigenvalue weighted by atomic mass is 15.0. The first kappa shape index (κ1) is 14.1. The largest absolute Gasteiger partial charge is 0.309 e. The molecule has 0 aliphatic heterocycles. The van der Waals surface area contributed by atoms with Gasteiger partial charge in [0.25, 0.3) is 0 Å². The van der Waals surface area contributed by atoms with Crippen molar-refractivity contribution in [3.8, 4) is 0 Å². The van der Waals surface area contributed by atoms with E-state index < -0.39 is 0 Å². The Kier molecular flexibility index (Phi) is 3.25. The maximum Gasteiger partial charge on any atom is 0.0211 e. The molecule has 1 aromatic carbocycles. The van der Waals surface area contributed by atoms with Crippen molar-refractivity contribution in [2.24, 2.45) is 16.7 Å². The van der Waals surface area contributed by atoms with Gasteiger partial charge in [0, 0.05) is 12.6 Å². The van der Waals surface area contributed by atoms with E-state index in [0.717, 1.165) is 12.5 Å². The molecule has 3 rings (SSSR count). The van der Waals surface area contributed by atoms with Gasteiger partial charge in [-0.2, -0.15) is 0 Å². The van der Waals surface area contributed by atoms with E-state index in [9.17, 15) is 0 Å². The summed E-state index contributed by atoms with van der Waals surface area (Å²) in [4.78, 5) is 0. The van der Waals surface area contributed by atoms with E-state index in [4.69, 9.17) is 0 Å². The molecule has 1 heteroatoms. The average Bonchev–Trinajstić information content (AvgIpc) is 2.85. The monoisotopic (exact) mass is 271 g/mol. The lowest BCUT2D eigenvalue weighted by Gasteiger charge is -2.43. The van der Waals surface area contributed by atoms with Crippen LogP contribution in [0.15, 0.2) is 18.2 Å². The van der Waals surface area contributed by atoms with Crippen LogP contribution in [0.2, 0.25) is 0 Å². The zero-order valence-electron chi connectivity index (χ0n) is 13.7. The average molecular weight is 271 g/mol. The fourth-order valence-corrected chi connectivity index (χ4v) is 5.03. The summed E-state index contributed by atoms with van der Waals surface area (Å²) < 4.78 is 0. The molecule has 0 radical (unpaired) electrons. The highest BCUT2D eigenvalue weighted by Crippen LogP contribution is 2.62. The van der Waals surface area contributed by atoms with Gasteiger partial charge in [0.2, 0.25) is 0 Å². The molecule has 2 aliphatic rings. The third-order valence-electron chi connectivity index (χ3n) is 6.48. The van der Waals surface area contributed by atoms with Gasteiger partial charge in [-0.1, -0.05) is 39.0 Å². The summed E-state index contributed by atoms with van der Waals surface area (Å²) in [6.45, 7) is 12.9. The SMILES string of the molecule is Cc1cccc(CNC2C3(C)CCC(C3)C2(C)C)c1C. The highest BCUT2D eigenvalue weighted by Gasteiger charge is 2.58. The Morgan fingerprint density at radius 1 is 1.20 bits per heavy atom. The summed E-state index contributed by atoms with van der Waals surface area (Å²) in [5.74, 6) is 0.920. The quantitative estimate of drug-likeness (QED) is 0.846. The molecule has 2 bridgehead atoms. The second-order valence-electron chi connectivity index (χ2n) is 8.09. The Labute approximate surface area is 124 Å². The fourth-order valence-electron chi connectivity index (χ4n) is 5.03. The van der Waals surface area contributed by atoms with Crippen LogP contribution >= 0.6 is 0 Å². The standard InChI is InChI=1S/C19H29N/c1-13-7-6-8-15(14(13)2)12-20-17-18(3,4)16-9-10-19(17,5)11-16/h6-8,16-17,20H,9-12H2,1-5H3. The molecule has 20 heavy (non-hydrogen) atoms. The van der Waals surface area contributed by atoms with Gasteiger partial charge in [-0.15, -0.1) is 0 Å². The molecule has 0 amide bonds. The van der Waals surface area contributed by atoms with Gasteiger partial charge >= 0.3 is 0 Å². The van der Waals surface area contributed by atoms with Crippen LogP contribution in [0, 0.1) is 30.6 Å². The van der Waals surface area contributed by atoms with Crippen molar-refractivity contribution in [1.82, 2.24) is 5.32 Å². The fraction of sp³-hybridized carbons (Fsp3) is 0.684. The molecular weight excluding hydrogens is 242 g/mol. The molecule has 2 fully saturated rings. The Morgan fingerprint density at radius 2 is 1.95 bits per heavy atom. The Hall–Kier alpha value is -0.820.